The molecule has 1 atom stereocenters. The number of rotatable bonds is 10. The number of alkyl halides is 1. The lowest BCUT2D eigenvalue weighted by atomic mass is 10.2. The van der Waals surface area contributed by atoms with Gasteiger partial charge in [0.05, 0.1) is 11.3 Å². The molecule has 28 heavy (non-hydrogen) atoms. The van der Waals surface area contributed by atoms with Gasteiger partial charge < -0.3 is 10.1 Å². The van der Waals surface area contributed by atoms with Crippen molar-refractivity contribution in [3.8, 4) is 0 Å². The van der Waals surface area contributed by atoms with Gasteiger partial charge in [-0.2, -0.15) is 4.31 Å². The standard InChI is InChI=1S/C19H25ClN2O5S/c1-3-22(28(25,26)17-6-4-14(2)5-7-17)9-8-21-13-15-10-16(11-18(15)23)27-19(24)12-20/h4-7,10,16,21H,3,8-9,11-13H2,1-2H3/t16-/m1/s1. The number of carbonyl (C=O) groups excluding carboxylic acids is 2. The number of Topliss-reactive ketones (excluding diaryl/α,β-unsaturated/α-hetero) is 1. The second-order valence-corrected chi connectivity index (χ2v) is 8.67. The summed E-state index contributed by atoms with van der Waals surface area (Å²) in [6.45, 7) is 4.98. The quantitative estimate of drug-likeness (QED) is 0.346. The van der Waals surface area contributed by atoms with Crippen LogP contribution in [0.4, 0.5) is 0 Å². The minimum Gasteiger partial charge on any atom is -0.457 e. The van der Waals surface area contributed by atoms with Crippen LogP contribution in [0.15, 0.2) is 40.8 Å². The second kappa shape index (κ2) is 10.2. The normalized spacial score (nSPS) is 17.1. The fourth-order valence-corrected chi connectivity index (χ4v) is 4.37. The highest BCUT2D eigenvalue weighted by atomic mass is 35.5. The summed E-state index contributed by atoms with van der Waals surface area (Å²) < 4.78 is 31.9. The Balaban J connectivity index is 1.87. The van der Waals surface area contributed by atoms with E-state index in [2.05, 4.69) is 5.32 Å². The van der Waals surface area contributed by atoms with Crippen LogP contribution in [-0.2, 0) is 24.3 Å². The third-order valence-electron chi connectivity index (χ3n) is 4.39. The maximum absolute atomic E-state index is 12.7. The minimum absolute atomic E-state index is 0.0977. The largest absolute Gasteiger partial charge is 0.457 e. The van der Waals surface area contributed by atoms with E-state index in [1.807, 2.05) is 6.92 Å². The molecule has 0 aliphatic heterocycles. The summed E-state index contributed by atoms with van der Waals surface area (Å²) in [5.41, 5.74) is 1.52. The molecule has 1 aromatic carbocycles. The van der Waals surface area contributed by atoms with Crippen molar-refractivity contribution < 1.29 is 22.7 Å². The molecule has 0 radical (unpaired) electrons. The summed E-state index contributed by atoms with van der Waals surface area (Å²) in [5.74, 6) is -0.918. The predicted octanol–water partition coefficient (Wildman–Crippen LogP) is 1.65. The zero-order valence-electron chi connectivity index (χ0n) is 16.0. The van der Waals surface area contributed by atoms with Crippen LogP contribution in [0.25, 0.3) is 0 Å². The van der Waals surface area contributed by atoms with Crippen LogP contribution in [0.2, 0.25) is 0 Å². The lowest BCUT2D eigenvalue weighted by Crippen LogP contribution is -2.37. The smallest absolute Gasteiger partial charge is 0.321 e. The van der Waals surface area contributed by atoms with Crippen LogP contribution in [0.1, 0.15) is 18.9 Å². The van der Waals surface area contributed by atoms with E-state index in [1.54, 1.807) is 37.3 Å². The number of hydrogen-bond acceptors (Lipinski definition) is 6. The van der Waals surface area contributed by atoms with Gasteiger partial charge in [-0.15, -0.1) is 11.6 Å². The Hall–Kier alpha value is -1.74. The van der Waals surface area contributed by atoms with Crippen molar-refractivity contribution in [2.24, 2.45) is 0 Å². The highest BCUT2D eigenvalue weighted by Gasteiger charge is 2.26. The molecule has 1 N–H and O–H groups in total. The van der Waals surface area contributed by atoms with E-state index < -0.39 is 22.1 Å². The van der Waals surface area contributed by atoms with Crippen LogP contribution >= 0.6 is 11.6 Å². The van der Waals surface area contributed by atoms with E-state index >= 15 is 0 Å². The van der Waals surface area contributed by atoms with Crippen molar-refractivity contribution in [2.75, 3.05) is 32.1 Å². The van der Waals surface area contributed by atoms with E-state index in [-0.39, 0.29) is 36.1 Å². The molecule has 7 nitrogen and oxygen atoms in total. The van der Waals surface area contributed by atoms with Crippen molar-refractivity contribution in [1.82, 2.24) is 9.62 Å². The van der Waals surface area contributed by atoms with Gasteiger partial charge in [0, 0.05) is 31.8 Å². The fourth-order valence-electron chi connectivity index (χ4n) is 2.86. The van der Waals surface area contributed by atoms with Gasteiger partial charge in [-0.05, 0) is 25.1 Å². The summed E-state index contributed by atoms with van der Waals surface area (Å²) >= 11 is 5.39. The zero-order chi connectivity index (χ0) is 20.7. The lowest BCUT2D eigenvalue weighted by Gasteiger charge is -2.21. The molecule has 2 rings (SSSR count). The molecule has 1 aliphatic carbocycles. The molecule has 0 heterocycles. The maximum Gasteiger partial charge on any atom is 0.321 e. The summed E-state index contributed by atoms with van der Waals surface area (Å²) in [5, 5.41) is 3.08. The number of ketones is 1. The van der Waals surface area contributed by atoms with Crippen LogP contribution in [0, 0.1) is 6.92 Å². The Labute approximate surface area is 170 Å². The summed E-state index contributed by atoms with van der Waals surface area (Å²) in [7, 11) is -3.56. The fraction of sp³-hybridized carbons (Fsp3) is 0.474. The van der Waals surface area contributed by atoms with Crippen molar-refractivity contribution in [3.05, 3.63) is 41.5 Å². The zero-order valence-corrected chi connectivity index (χ0v) is 17.6. The molecule has 154 valence electrons. The van der Waals surface area contributed by atoms with Gasteiger partial charge in [0.15, 0.2) is 5.78 Å². The molecule has 1 aromatic rings. The number of ether oxygens (including phenoxy) is 1. The topological polar surface area (TPSA) is 92.8 Å². The Morgan fingerprint density at radius 3 is 2.61 bits per heavy atom. The van der Waals surface area contributed by atoms with E-state index in [0.29, 0.717) is 18.7 Å². The highest BCUT2D eigenvalue weighted by Crippen LogP contribution is 2.18. The first-order valence-electron chi connectivity index (χ1n) is 9.04. The number of esters is 1. The summed E-state index contributed by atoms with van der Waals surface area (Å²) in [6.07, 6.45) is 1.15. The van der Waals surface area contributed by atoms with Crippen molar-refractivity contribution in [3.63, 3.8) is 0 Å². The van der Waals surface area contributed by atoms with Gasteiger partial charge in [0.25, 0.3) is 0 Å². The maximum atomic E-state index is 12.7. The molecule has 0 amide bonds. The first-order valence-corrected chi connectivity index (χ1v) is 11.0. The van der Waals surface area contributed by atoms with Gasteiger partial charge in [0.2, 0.25) is 10.0 Å². The summed E-state index contributed by atoms with van der Waals surface area (Å²) in [6, 6.07) is 6.74. The Bertz CT molecular complexity index is 836. The number of aryl methyl sites for hydroxylation is 1. The van der Waals surface area contributed by atoms with Gasteiger partial charge in [-0.1, -0.05) is 24.6 Å². The molecule has 0 saturated carbocycles. The number of nitrogens with one attached hydrogen (secondary N) is 1. The number of carbonyl (C=O) groups is 2. The Kier molecular flexibility index (Phi) is 8.18. The van der Waals surface area contributed by atoms with Crippen molar-refractivity contribution >= 4 is 33.4 Å². The highest BCUT2D eigenvalue weighted by molar-refractivity contribution is 7.89. The van der Waals surface area contributed by atoms with E-state index in [1.165, 1.54) is 4.31 Å². The summed E-state index contributed by atoms with van der Waals surface area (Å²) in [4.78, 5) is 23.4. The molecule has 0 saturated heterocycles. The molecular weight excluding hydrogens is 404 g/mol. The molecule has 0 fully saturated rings. The molecular formula is C19H25ClN2O5S. The van der Waals surface area contributed by atoms with Crippen LogP contribution in [0.3, 0.4) is 0 Å². The van der Waals surface area contributed by atoms with Crippen LogP contribution < -0.4 is 5.32 Å². The van der Waals surface area contributed by atoms with Gasteiger partial charge in [0.1, 0.15) is 12.0 Å². The number of nitrogens with zero attached hydrogens (tertiary/aromatic N) is 1. The number of likely N-dealkylation sites (N-methyl/N-ethyl adjacent to an activating group) is 1. The minimum atomic E-state index is -3.56. The van der Waals surface area contributed by atoms with Crippen molar-refractivity contribution in [2.45, 2.75) is 31.3 Å². The van der Waals surface area contributed by atoms with E-state index in [9.17, 15) is 18.0 Å². The third-order valence-corrected chi connectivity index (χ3v) is 6.60. The van der Waals surface area contributed by atoms with Gasteiger partial charge in [-0.3, -0.25) is 9.59 Å². The number of halogens is 1. The van der Waals surface area contributed by atoms with Crippen LogP contribution in [-0.4, -0.2) is 62.6 Å². The molecule has 0 unspecified atom stereocenters. The van der Waals surface area contributed by atoms with Crippen molar-refractivity contribution in [1.29, 1.82) is 0 Å². The first-order chi connectivity index (χ1) is 13.3. The first kappa shape index (κ1) is 22.5. The third kappa shape index (κ3) is 5.88. The lowest BCUT2D eigenvalue weighted by molar-refractivity contribution is -0.144. The number of hydrogen-bond donors (Lipinski definition) is 1. The SMILES string of the molecule is CCN(CCNCC1=C[C@@H](OC(=O)CCl)CC1=O)S(=O)(=O)c1ccc(C)cc1. The average Bonchev–Trinajstić information content (AvgIpc) is 3.00. The molecule has 0 bridgehead atoms. The molecule has 0 spiro atoms. The molecule has 9 heteroatoms. The molecule has 0 aromatic heterocycles. The number of sulfonamides is 1. The molecule has 1 aliphatic rings. The van der Waals surface area contributed by atoms with Crippen LogP contribution in [0.5, 0.6) is 0 Å². The Morgan fingerprint density at radius 2 is 2.00 bits per heavy atom. The average molecular weight is 429 g/mol. The Morgan fingerprint density at radius 1 is 1.32 bits per heavy atom. The number of benzene rings is 1. The monoisotopic (exact) mass is 428 g/mol. The predicted molar refractivity (Wildman–Crippen MR) is 107 cm³/mol. The second-order valence-electron chi connectivity index (χ2n) is 6.47. The van der Waals surface area contributed by atoms with E-state index in [0.717, 1.165) is 5.56 Å². The van der Waals surface area contributed by atoms with E-state index in [4.69, 9.17) is 16.3 Å². The van der Waals surface area contributed by atoms with Gasteiger partial charge >= 0.3 is 5.97 Å². The van der Waals surface area contributed by atoms with Gasteiger partial charge in [-0.25, -0.2) is 8.42 Å².